The van der Waals surface area contributed by atoms with E-state index in [9.17, 15) is 9.59 Å². The lowest BCUT2D eigenvalue weighted by molar-refractivity contribution is 0.0794. The number of amides is 2. The van der Waals surface area contributed by atoms with Gasteiger partial charge in [0.05, 0.1) is 23.0 Å². The van der Waals surface area contributed by atoms with Crippen LogP contribution in [0.3, 0.4) is 0 Å². The second-order valence-electron chi connectivity index (χ2n) is 7.46. The molecule has 0 atom stereocenters. The first-order valence-corrected chi connectivity index (χ1v) is 10.1. The van der Waals surface area contributed by atoms with Crippen LogP contribution in [0, 0.1) is 0 Å². The fourth-order valence-corrected chi connectivity index (χ4v) is 3.71. The molecule has 29 heavy (non-hydrogen) atoms. The second-order valence-corrected chi connectivity index (χ2v) is 7.90. The zero-order valence-corrected chi connectivity index (χ0v) is 17.1. The standard InChI is InChI=1S/C21H22ClN5O2/c1-13(2)27-19-14(12-24-27)9-15(11-23-19)20(28)25-18-10-16(22)5-6-17(18)21(29)26-7-3-4-8-26/h5-6,9-13H,3-4,7-8H2,1-2H3,(H,25,28). The number of fused-ring (bicyclic) bond motifs is 1. The van der Waals surface area contributed by atoms with Crippen LogP contribution < -0.4 is 5.32 Å². The van der Waals surface area contributed by atoms with Gasteiger partial charge in [0.25, 0.3) is 11.8 Å². The molecule has 0 radical (unpaired) electrons. The van der Waals surface area contributed by atoms with Gasteiger partial charge in [0, 0.05) is 35.7 Å². The predicted octanol–water partition coefficient (Wildman–Crippen LogP) is 4.15. The van der Waals surface area contributed by atoms with Crippen LogP contribution in [0.2, 0.25) is 5.02 Å². The first kappa shape index (κ1) is 19.4. The number of nitrogens with zero attached hydrogens (tertiary/aromatic N) is 4. The molecule has 0 bridgehead atoms. The zero-order chi connectivity index (χ0) is 20.5. The first-order valence-electron chi connectivity index (χ1n) is 9.67. The number of aromatic nitrogens is 3. The molecule has 0 aliphatic carbocycles. The number of nitrogens with one attached hydrogen (secondary N) is 1. The van der Waals surface area contributed by atoms with Gasteiger partial charge in [-0.1, -0.05) is 11.6 Å². The maximum Gasteiger partial charge on any atom is 0.257 e. The van der Waals surface area contributed by atoms with Crippen LogP contribution in [0.25, 0.3) is 11.0 Å². The minimum absolute atomic E-state index is 0.0961. The van der Waals surface area contributed by atoms with Crippen LogP contribution in [-0.4, -0.2) is 44.6 Å². The number of rotatable bonds is 4. The summed E-state index contributed by atoms with van der Waals surface area (Å²) in [6.45, 7) is 5.50. The van der Waals surface area contributed by atoms with Gasteiger partial charge in [-0.15, -0.1) is 0 Å². The van der Waals surface area contributed by atoms with Crippen molar-refractivity contribution in [2.24, 2.45) is 0 Å². The Hall–Kier alpha value is -2.93. The molecule has 3 aromatic rings. The van der Waals surface area contributed by atoms with Gasteiger partial charge in [-0.2, -0.15) is 5.10 Å². The van der Waals surface area contributed by atoms with Crippen LogP contribution in [0.1, 0.15) is 53.4 Å². The summed E-state index contributed by atoms with van der Waals surface area (Å²) in [5, 5.41) is 8.39. The average Bonchev–Trinajstić information content (AvgIpc) is 3.37. The van der Waals surface area contributed by atoms with E-state index in [-0.39, 0.29) is 17.9 Å². The number of hydrogen-bond acceptors (Lipinski definition) is 4. The van der Waals surface area contributed by atoms with Crippen molar-refractivity contribution >= 4 is 40.1 Å². The Morgan fingerprint density at radius 1 is 1.14 bits per heavy atom. The average molecular weight is 412 g/mol. The Balaban J connectivity index is 1.62. The maximum absolute atomic E-state index is 12.9. The van der Waals surface area contributed by atoms with Gasteiger partial charge < -0.3 is 10.2 Å². The van der Waals surface area contributed by atoms with Crippen molar-refractivity contribution < 1.29 is 9.59 Å². The summed E-state index contributed by atoms with van der Waals surface area (Å²) < 4.78 is 1.81. The smallest absolute Gasteiger partial charge is 0.257 e. The Bertz CT molecular complexity index is 1090. The van der Waals surface area contributed by atoms with Gasteiger partial charge in [0.15, 0.2) is 5.65 Å². The molecule has 1 saturated heterocycles. The molecule has 1 aromatic carbocycles. The van der Waals surface area contributed by atoms with E-state index in [1.807, 2.05) is 13.8 Å². The van der Waals surface area contributed by atoms with E-state index in [0.29, 0.717) is 21.8 Å². The summed E-state index contributed by atoms with van der Waals surface area (Å²) in [5.41, 5.74) is 1.95. The van der Waals surface area contributed by atoms with Crippen molar-refractivity contribution in [3.05, 3.63) is 52.8 Å². The van der Waals surface area contributed by atoms with E-state index < -0.39 is 0 Å². The highest BCUT2D eigenvalue weighted by atomic mass is 35.5. The minimum atomic E-state index is -0.352. The topological polar surface area (TPSA) is 80.1 Å². The van der Waals surface area contributed by atoms with Crippen molar-refractivity contribution in [3.63, 3.8) is 0 Å². The Morgan fingerprint density at radius 2 is 1.90 bits per heavy atom. The van der Waals surface area contributed by atoms with Crippen molar-refractivity contribution in [1.29, 1.82) is 0 Å². The predicted molar refractivity (Wildman–Crippen MR) is 112 cm³/mol. The minimum Gasteiger partial charge on any atom is -0.339 e. The SMILES string of the molecule is CC(C)n1ncc2cc(C(=O)Nc3cc(Cl)ccc3C(=O)N3CCCC3)cnc21. The highest BCUT2D eigenvalue weighted by molar-refractivity contribution is 6.31. The van der Waals surface area contributed by atoms with Crippen LogP contribution in [0.15, 0.2) is 36.7 Å². The van der Waals surface area contributed by atoms with E-state index in [0.717, 1.165) is 37.0 Å². The van der Waals surface area contributed by atoms with Crippen LogP contribution in [0.5, 0.6) is 0 Å². The fourth-order valence-electron chi connectivity index (χ4n) is 3.53. The molecule has 4 rings (SSSR count). The molecule has 0 saturated carbocycles. The summed E-state index contributed by atoms with van der Waals surface area (Å²) in [4.78, 5) is 31.9. The van der Waals surface area contributed by atoms with Gasteiger partial charge >= 0.3 is 0 Å². The number of pyridine rings is 1. The molecule has 0 spiro atoms. The first-order chi connectivity index (χ1) is 13.9. The molecule has 150 valence electrons. The third kappa shape index (κ3) is 3.82. The Kier molecular flexibility index (Phi) is 5.24. The third-order valence-corrected chi connectivity index (χ3v) is 5.27. The second kappa shape index (κ2) is 7.83. The van der Waals surface area contributed by atoms with Gasteiger partial charge in [-0.05, 0) is 51.0 Å². The van der Waals surface area contributed by atoms with Crippen LogP contribution in [0.4, 0.5) is 5.69 Å². The van der Waals surface area contributed by atoms with E-state index in [1.54, 1.807) is 40.0 Å². The molecule has 8 heteroatoms. The van der Waals surface area contributed by atoms with E-state index in [2.05, 4.69) is 15.4 Å². The summed E-state index contributed by atoms with van der Waals surface area (Å²) in [6.07, 6.45) is 5.21. The highest BCUT2D eigenvalue weighted by Crippen LogP contribution is 2.25. The van der Waals surface area contributed by atoms with Gasteiger partial charge in [0.2, 0.25) is 0 Å². The van der Waals surface area contributed by atoms with Gasteiger partial charge in [0.1, 0.15) is 0 Å². The quantitative estimate of drug-likeness (QED) is 0.699. The normalized spacial score (nSPS) is 14.0. The molecule has 0 unspecified atom stereocenters. The molecule has 7 nitrogen and oxygen atoms in total. The number of likely N-dealkylation sites (tertiary alicyclic amines) is 1. The third-order valence-electron chi connectivity index (χ3n) is 5.04. The molecule has 1 aliphatic rings. The van der Waals surface area contributed by atoms with Crippen molar-refractivity contribution in [2.45, 2.75) is 32.7 Å². The fraction of sp³-hybridized carbons (Fsp3) is 0.333. The van der Waals surface area contributed by atoms with Gasteiger partial charge in [-0.3, -0.25) is 9.59 Å². The summed E-state index contributed by atoms with van der Waals surface area (Å²) in [5.74, 6) is -0.448. The Labute approximate surface area is 173 Å². The number of carbonyl (C=O) groups excluding carboxylic acids is 2. The van der Waals surface area contributed by atoms with E-state index in [4.69, 9.17) is 11.6 Å². The maximum atomic E-state index is 12.9. The summed E-state index contributed by atoms with van der Waals surface area (Å²) in [6, 6.07) is 6.84. The number of anilines is 1. The van der Waals surface area contributed by atoms with Crippen molar-refractivity contribution in [3.8, 4) is 0 Å². The lowest BCUT2D eigenvalue weighted by atomic mass is 10.1. The van der Waals surface area contributed by atoms with Crippen LogP contribution >= 0.6 is 11.6 Å². The highest BCUT2D eigenvalue weighted by Gasteiger charge is 2.23. The summed E-state index contributed by atoms with van der Waals surface area (Å²) >= 11 is 6.12. The molecule has 2 amide bonds. The number of carbonyl (C=O) groups is 2. The summed E-state index contributed by atoms with van der Waals surface area (Å²) in [7, 11) is 0. The molecule has 1 aliphatic heterocycles. The number of benzene rings is 1. The molecule has 1 fully saturated rings. The lowest BCUT2D eigenvalue weighted by Crippen LogP contribution is -2.28. The monoisotopic (exact) mass is 411 g/mol. The molecular formula is C21H22ClN5O2. The molecule has 1 N–H and O–H groups in total. The number of hydrogen-bond donors (Lipinski definition) is 1. The van der Waals surface area contributed by atoms with Crippen molar-refractivity contribution in [1.82, 2.24) is 19.7 Å². The molecule has 3 heterocycles. The largest absolute Gasteiger partial charge is 0.339 e. The lowest BCUT2D eigenvalue weighted by Gasteiger charge is -2.18. The Morgan fingerprint density at radius 3 is 2.62 bits per heavy atom. The number of halogens is 1. The zero-order valence-electron chi connectivity index (χ0n) is 16.4. The van der Waals surface area contributed by atoms with E-state index >= 15 is 0 Å². The molecule has 2 aromatic heterocycles. The van der Waals surface area contributed by atoms with Crippen molar-refractivity contribution in [2.75, 3.05) is 18.4 Å². The van der Waals surface area contributed by atoms with E-state index in [1.165, 1.54) is 6.20 Å². The van der Waals surface area contributed by atoms with Crippen LogP contribution in [-0.2, 0) is 0 Å². The van der Waals surface area contributed by atoms with Gasteiger partial charge in [-0.25, -0.2) is 9.67 Å². The molecular weight excluding hydrogens is 390 g/mol.